The molecule has 2 aromatic carbocycles. The van der Waals surface area contributed by atoms with E-state index in [4.69, 9.17) is 16.3 Å². The summed E-state index contributed by atoms with van der Waals surface area (Å²) in [5.74, 6) is -0.933. The van der Waals surface area contributed by atoms with Crippen LogP contribution in [-0.4, -0.2) is 24.2 Å². The van der Waals surface area contributed by atoms with Crippen molar-refractivity contribution >= 4 is 40.9 Å². The lowest BCUT2D eigenvalue weighted by atomic mass is 10.2. The number of carbonyl (C=O) groups excluding carboxylic acids is 2. The molecule has 0 spiro atoms. The molecule has 1 N–H and O–H groups in total. The smallest absolute Gasteiger partial charge is 0.338 e. The number of halogens is 1. The first-order chi connectivity index (χ1) is 11.0. The number of hydrogen-bond acceptors (Lipinski definition) is 4. The molecule has 0 aliphatic heterocycles. The van der Waals surface area contributed by atoms with Gasteiger partial charge in [-0.3, -0.25) is 4.79 Å². The highest BCUT2D eigenvalue weighted by molar-refractivity contribution is 7.98. The lowest BCUT2D eigenvalue weighted by molar-refractivity contribution is -0.123. The van der Waals surface area contributed by atoms with Crippen molar-refractivity contribution < 1.29 is 14.3 Å². The average molecular weight is 350 g/mol. The zero-order valence-electron chi connectivity index (χ0n) is 12.7. The third-order valence-electron chi connectivity index (χ3n) is 3.09. The summed E-state index contributed by atoms with van der Waals surface area (Å²) in [7, 11) is 0. The first-order valence-corrected chi connectivity index (χ1v) is 8.51. The summed E-state index contributed by atoms with van der Waals surface area (Å²) < 4.78 is 5.18. The Morgan fingerprint density at radius 2 is 1.70 bits per heavy atom. The van der Waals surface area contributed by atoms with E-state index in [-0.39, 0.29) is 0 Å². The van der Waals surface area contributed by atoms with Gasteiger partial charge in [-0.05, 0) is 61.7 Å². The average Bonchev–Trinajstić information content (AvgIpc) is 2.56. The Labute approximate surface area is 144 Å². The molecule has 120 valence electrons. The fourth-order valence-corrected chi connectivity index (χ4v) is 2.32. The van der Waals surface area contributed by atoms with Crippen LogP contribution in [0.15, 0.2) is 53.4 Å². The van der Waals surface area contributed by atoms with Crippen molar-refractivity contribution in [3.8, 4) is 0 Å². The third kappa shape index (κ3) is 5.01. The number of thioether (sulfide) groups is 1. The second-order valence-corrected chi connectivity index (χ2v) is 6.09. The van der Waals surface area contributed by atoms with Gasteiger partial charge in [0.15, 0.2) is 6.10 Å². The topological polar surface area (TPSA) is 55.4 Å². The molecule has 2 aromatic rings. The summed E-state index contributed by atoms with van der Waals surface area (Å²) in [6.07, 6.45) is 1.05. The molecule has 0 aliphatic carbocycles. The maximum absolute atomic E-state index is 12.0. The van der Waals surface area contributed by atoms with Crippen LogP contribution in [0.5, 0.6) is 0 Å². The van der Waals surface area contributed by atoms with Crippen LogP contribution >= 0.6 is 23.4 Å². The third-order valence-corrected chi connectivity index (χ3v) is 4.09. The Morgan fingerprint density at radius 1 is 1.09 bits per heavy atom. The van der Waals surface area contributed by atoms with E-state index in [2.05, 4.69) is 5.32 Å². The van der Waals surface area contributed by atoms with Gasteiger partial charge in [0.2, 0.25) is 0 Å². The molecule has 0 aromatic heterocycles. The number of hydrogen-bond donors (Lipinski definition) is 1. The molecule has 0 heterocycles. The minimum Gasteiger partial charge on any atom is -0.449 e. The zero-order valence-corrected chi connectivity index (χ0v) is 14.3. The van der Waals surface area contributed by atoms with Crippen LogP contribution in [0.1, 0.15) is 17.3 Å². The molecule has 6 heteroatoms. The summed E-state index contributed by atoms with van der Waals surface area (Å²) in [5.41, 5.74) is 1.00. The molecule has 0 saturated heterocycles. The van der Waals surface area contributed by atoms with Crippen LogP contribution in [0.4, 0.5) is 5.69 Å². The normalized spacial score (nSPS) is 11.6. The molecule has 0 bridgehead atoms. The summed E-state index contributed by atoms with van der Waals surface area (Å²) >= 11 is 7.37. The first-order valence-electron chi connectivity index (χ1n) is 6.91. The molecule has 1 amide bonds. The van der Waals surface area contributed by atoms with Crippen LogP contribution in [0.2, 0.25) is 5.02 Å². The molecule has 0 radical (unpaired) electrons. The summed E-state index contributed by atoms with van der Waals surface area (Å²) in [4.78, 5) is 25.1. The van der Waals surface area contributed by atoms with Crippen LogP contribution < -0.4 is 5.32 Å². The summed E-state index contributed by atoms with van der Waals surface area (Å²) in [6, 6.07) is 13.7. The van der Waals surface area contributed by atoms with Gasteiger partial charge in [0.05, 0.1) is 5.56 Å². The lowest BCUT2D eigenvalue weighted by Gasteiger charge is -2.13. The van der Waals surface area contributed by atoms with Crippen molar-refractivity contribution in [1.29, 1.82) is 0 Å². The van der Waals surface area contributed by atoms with Crippen LogP contribution in [0.25, 0.3) is 0 Å². The van der Waals surface area contributed by atoms with Gasteiger partial charge < -0.3 is 10.1 Å². The molecule has 0 unspecified atom stereocenters. The van der Waals surface area contributed by atoms with E-state index in [0.29, 0.717) is 16.3 Å². The molecule has 2 rings (SSSR count). The quantitative estimate of drug-likeness (QED) is 0.647. The van der Waals surface area contributed by atoms with Crippen molar-refractivity contribution in [1.82, 2.24) is 0 Å². The van der Waals surface area contributed by atoms with Crippen molar-refractivity contribution in [2.24, 2.45) is 0 Å². The van der Waals surface area contributed by atoms with E-state index in [1.807, 2.05) is 18.4 Å². The number of carbonyl (C=O) groups is 2. The summed E-state index contributed by atoms with van der Waals surface area (Å²) in [6.45, 7) is 1.53. The van der Waals surface area contributed by atoms with Gasteiger partial charge in [-0.25, -0.2) is 4.79 Å². The minimum absolute atomic E-state index is 0.401. The number of esters is 1. The zero-order chi connectivity index (χ0) is 16.8. The van der Waals surface area contributed by atoms with Crippen molar-refractivity contribution in [3.63, 3.8) is 0 Å². The maximum atomic E-state index is 12.0. The number of ether oxygens (including phenoxy) is 1. The highest BCUT2D eigenvalue weighted by Crippen LogP contribution is 2.16. The molecular weight excluding hydrogens is 334 g/mol. The highest BCUT2D eigenvalue weighted by atomic mass is 35.5. The van der Waals surface area contributed by atoms with Crippen molar-refractivity contribution in [2.45, 2.75) is 17.9 Å². The molecule has 1 atom stereocenters. The fraction of sp³-hybridized carbons (Fsp3) is 0.176. The number of rotatable bonds is 5. The Bertz CT molecular complexity index is 686. The van der Waals surface area contributed by atoms with E-state index in [0.717, 1.165) is 4.90 Å². The van der Waals surface area contributed by atoms with Crippen LogP contribution in [-0.2, 0) is 9.53 Å². The molecule has 0 aliphatic rings. The Morgan fingerprint density at radius 3 is 2.26 bits per heavy atom. The van der Waals surface area contributed by atoms with Gasteiger partial charge in [0.1, 0.15) is 0 Å². The first kappa shape index (κ1) is 17.4. The lowest BCUT2D eigenvalue weighted by Crippen LogP contribution is -2.29. The Balaban J connectivity index is 1.94. The van der Waals surface area contributed by atoms with Gasteiger partial charge in [-0.1, -0.05) is 11.6 Å². The number of nitrogens with one attached hydrogen (secondary N) is 1. The van der Waals surface area contributed by atoms with Crippen LogP contribution in [0.3, 0.4) is 0 Å². The summed E-state index contributed by atoms with van der Waals surface area (Å²) in [5, 5.41) is 3.25. The Kier molecular flexibility index (Phi) is 6.07. The second-order valence-electron chi connectivity index (χ2n) is 4.77. The van der Waals surface area contributed by atoms with E-state index in [1.165, 1.54) is 6.92 Å². The number of benzene rings is 2. The van der Waals surface area contributed by atoms with Gasteiger partial charge >= 0.3 is 5.97 Å². The van der Waals surface area contributed by atoms with E-state index in [9.17, 15) is 9.59 Å². The molecule has 0 saturated carbocycles. The van der Waals surface area contributed by atoms with Gasteiger partial charge in [-0.2, -0.15) is 0 Å². The predicted octanol–water partition coefficient (Wildman–Crippen LogP) is 4.25. The van der Waals surface area contributed by atoms with Gasteiger partial charge in [0.25, 0.3) is 5.91 Å². The minimum atomic E-state index is -0.904. The monoisotopic (exact) mass is 349 g/mol. The largest absolute Gasteiger partial charge is 0.449 e. The van der Waals surface area contributed by atoms with E-state index in [1.54, 1.807) is 48.2 Å². The molecular formula is C17H16ClNO3S. The molecule has 4 nitrogen and oxygen atoms in total. The SMILES string of the molecule is CSc1ccc(C(=O)O[C@H](C)C(=O)Nc2ccc(Cl)cc2)cc1. The fourth-order valence-electron chi connectivity index (χ4n) is 1.79. The molecule has 23 heavy (non-hydrogen) atoms. The number of anilines is 1. The van der Waals surface area contributed by atoms with Gasteiger partial charge in [-0.15, -0.1) is 11.8 Å². The van der Waals surface area contributed by atoms with Crippen molar-refractivity contribution in [2.75, 3.05) is 11.6 Å². The maximum Gasteiger partial charge on any atom is 0.338 e. The molecule has 0 fully saturated rings. The Hall–Kier alpha value is -1.98. The van der Waals surface area contributed by atoms with E-state index >= 15 is 0 Å². The van der Waals surface area contributed by atoms with Gasteiger partial charge in [0, 0.05) is 15.6 Å². The number of amides is 1. The van der Waals surface area contributed by atoms with E-state index < -0.39 is 18.0 Å². The second kappa shape index (κ2) is 8.04. The van der Waals surface area contributed by atoms with Crippen LogP contribution in [0, 0.1) is 0 Å². The highest BCUT2D eigenvalue weighted by Gasteiger charge is 2.19. The predicted molar refractivity (Wildman–Crippen MR) is 93.2 cm³/mol. The standard InChI is InChI=1S/C17H16ClNO3S/c1-11(16(20)19-14-7-5-13(18)6-8-14)22-17(21)12-3-9-15(23-2)10-4-12/h3-11H,1-2H3,(H,19,20)/t11-/m1/s1. The van der Waals surface area contributed by atoms with Crippen molar-refractivity contribution in [3.05, 3.63) is 59.1 Å².